The molecule has 1 rings (SSSR count). The van der Waals surface area contributed by atoms with Crippen molar-refractivity contribution < 1.29 is 14.7 Å². The fourth-order valence-electron chi connectivity index (χ4n) is 2.28. The third kappa shape index (κ3) is 3.60. The van der Waals surface area contributed by atoms with Crippen LogP contribution in [0.5, 0.6) is 0 Å². The van der Waals surface area contributed by atoms with Crippen molar-refractivity contribution in [2.45, 2.75) is 25.8 Å². The Balaban J connectivity index is 2.52. The van der Waals surface area contributed by atoms with Crippen LogP contribution in [-0.2, 0) is 4.79 Å². The normalized spacial score (nSPS) is 23.8. The molecule has 0 aromatic carbocycles. The smallest absolute Gasteiger partial charge is 0.320 e. The molecule has 0 aliphatic carbocycles. The summed E-state index contributed by atoms with van der Waals surface area (Å²) in [7, 11) is 3.62. The third-order valence-corrected chi connectivity index (χ3v) is 3.49. The van der Waals surface area contributed by atoms with Crippen molar-refractivity contribution in [1.29, 1.82) is 0 Å². The number of piperidine rings is 1. The van der Waals surface area contributed by atoms with Gasteiger partial charge in [-0.25, -0.2) is 4.79 Å². The number of amides is 2. The Hall–Kier alpha value is -1.30. The molecule has 0 aromatic rings. The number of urea groups is 1. The van der Waals surface area contributed by atoms with Gasteiger partial charge in [0.2, 0.25) is 0 Å². The molecular weight excluding hydrogens is 234 g/mol. The van der Waals surface area contributed by atoms with E-state index >= 15 is 0 Å². The number of carboxylic acid groups (broad SMARTS) is 1. The van der Waals surface area contributed by atoms with Gasteiger partial charge in [-0.15, -0.1) is 0 Å². The summed E-state index contributed by atoms with van der Waals surface area (Å²) < 4.78 is 0. The van der Waals surface area contributed by atoms with Crippen molar-refractivity contribution >= 4 is 12.0 Å². The Morgan fingerprint density at radius 1 is 1.50 bits per heavy atom. The van der Waals surface area contributed by atoms with Gasteiger partial charge in [-0.1, -0.05) is 0 Å². The number of rotatable bonds is 4. The quantitative estimate of drug-likeness (QED) is 0.766. The molecule has 0 spiro atoms. The summed E-state index contributed by atoms with van der Waals surface area (Å²) in [6, 6.07) is -0.0222. The van der Waals surface area contributed by atoms with E-state index in [9.17, 15) is 9.59 Å². The zero-order chi connectivity index (χ0) is 13.7. The Kier molecular flexibility index (Phi) is 5.40. The van der Waals surface area contributed by atoms with Crippen LogP contribution in [0.3, 0.4) is 0 Å². The number of likely N-dealkylation sites (tertiary alicyclic amines) is 1. The Labute approximate surface area is 108 Å². The largest absolute Gasteiger partial charge is 0.481 e. The van der Waals surface area contributed by atoms with E-state index in [4.69, 9.17) is 5.11 Å². The molecular formula is C12H23N3O3. The average Bonchev–Trinajstić information content (AvgIpc) is 2.34. The molecule has 18 heavy (non-hydrogen) atoms. The molecule has 1 aliphatic rings. The summed E-state index contributed by atoms with van der Waals surface area (Å²) >= 11 is 0. The van der Waals surface area contributed by atoms with Crippen LogP contribution >= 0.6 is 0 Å². The summed E-state index contributed by atoms with van der Waals surface area (Å²) in [5, 5.41) is 12.0. The summed E-state index contributed by atoms with van der Waals surface area (Å²) in [4.78, 5) is 26.5. The lowest BCUT2D eigenvalue weighted by molar-refractivity contribution is -0.143. The summed E-state index contributed by atoms with van der Waals surface area (Å²) in [6.45, 7) is 3.85. The van der Waals surface area contributed by atoms with Gasteiger partial charge < -0.3 is 20.2 Å². The number of carbonyl (C=O) groups is 2. The highest BCUT2D eigenvalue weighted by Crippen LogP contribution is 2.23. The van der Waals surface area contributed by atoms with Crippen molar-refractivity contribution in [2.24, 2.45) is 5.92 Å². The second-order valence-electron chi connectivity index (χ2n) is 4.91. The Morgan fingerprint density at radius 3 is 2.67 bits per heavy atom. The first-order chi connectivity index (χ1) is 8.47. The van der Waals surface area contributed by atoms with Crippen LogP contribution in [0.2, 0.25) is 0 Å². The topological polar surface area (TPSA) is 72.9 Å². The van der Waals surface area contributed by atoms with Crippen LogP contribution in [0.1, 0.15) is 19.8 Å². The SMILES string of the molecule is CNCCN(C)C(=O)N1CCC(C(=O)O)CC1C. The van der Waals surface area contributed by atoms with Crippen LogP contribution in [0.4, 0.5) is 4.79 Å². The molecule has 0 saturated carbocycles. The average molecular weight is 257 g/mol. The minimum Gasteiger partial charge on any atom is -0.481 e. The van der Waals surface area contributed by atoms with E-state index in [0.29, 0.717) is 25.9 Å². The molecule has 2 atom stereocenters. The number of nitrogens with one attached hydrogen (secondary N) is 1. The van der Waals surface area contributed by atoms with E-state index in [0.717, 1.165) is 6.54 Å². The number of carbonyl (C=O) groups excluding carboxylic acids is 1. The Bertz CT molecular complexity index is 309. The summed E-state index contributed by atoms with van der Waals surface area (Å²) in [6.07, 6.45) is 1.09. The van der Waals surface area contributed by atoms with Crippen LogP contribution < -0.4 is 5.32 Å². The highest BCUT2D eigenvalue weighted by Gasteiger charge is 2.33. The van der Waals surface area contributed by atoms with E-state index in [2.05, 4.69) is 5.32 Å². The van der Waals surface area contributed by atoms with E-state index < -0.39 is 5.97 Å². The monoisotopic (exact) mass is 257 g/mol. The number of likely N-dealkylation sites (N-methyl/N-ethyl adjacent to an activating group) is 2. The van der Waals surface area contributed by atoms with Crippen molar-refractivity contribution in [3.05, 3.63) is 0 Å². The number of nitrogens with zero attached hydrogens (tertiary/aromatic N) is 2. The van der Waals surface area contributed by atoms with Crippen LogP contribution in [0.15, 0.2) is 0 Å². The van der Waals surface area contributed by atoms with E-state index in [-0.39, 0.29) is 18.0 Å². The molecule has 0 bridgehead atoms. The highest BCUT2D eigenvalue weighted by atomic mass is 16.4. The molecule has 2 N–H and O–H groups in total. The van der Waals surface area contributed by atoms with Crippen LogP contribution in [0, 0.1) is 5.92 Å². The lowest BCUT2D eigenvalue weighted by Crippen LogP contribution is -2.51. The van der Waals surface area contributed by atoms with E-state index in [1.807, 2.05) is 14.0 Å². The standard InChI is InChI=1S/C12H23N3O3/c1-9-8-10(11(16)17)4-6-15(9)12(18)14(3)7-5-13-2/h9-10,13H,4-8H2,1-3H3,(H,16,17). The van der Waals surface area contributed by atoms with Crippen molar-refractivity contribution in [1.82, 2.24) is 15.1 Å². The zero-order valence-electron chi connectivity index (χ0n) is 11.3. The van der Waals surface area contributed by atoms with E-state index in [1.165, 1.54) is 0 Å². The van der Waals surface area contributed by atoms with Gasteiger partial charge in [-0.05, 0) is 26.8 Å². The molecule has 104 valence electrons. The molecule has 1 heterocycles. The molecule has 0 radical (unpaired) electrons. The highest BCUT2D eigenvalue weighted by molar-refractivity contribution is 5.75. The summed E-state index contributed by atoms with van der Waals surface area (Å²) in [5.74, 6) is -1.07. The minimum atomic E-state index is -0.752. The maximum Gasteiger partial charge on any atom is 0.320 e. The molecule has 2 amide bonds. The fourth-order valence-corrected chi connectivity index (χ4v) is 2.28. The third-order valence-electron chi connectivity index (χ3n) is 3.49. The second kappa shape index (κ2) is 6.58. The van der Waals surface area contributed by atoms with Crippen molar-refractivity contribution in [3.8, 4) is 0 Å². The summed E-state index contributed by atoms with van der Waals surface area (Å²) in [5.41, 5.74) is 0. The molecule has 2 unspecified atom stereocenters. The van der Waals surface area contributed by atoms with Gasteiger partial charge in [0.25, 0.3) is 0 Å². The van der Waals surface area contributed by atoms with Crippen molar-refractivity contribution in [2.75, 3.05) is 33.7 Å². The molecule has 1 aliphatic heterocycles. The number of carboxylic acids is 1. The number of aliphatic carboxylic acids is 1. The number of hydrogen-bond donors (Lipinski definition) is 2. The molecule has 6 nitrogen and oxygen atoms in total. The predicted octanol–water partition coefficient (Wildman–Crippen LogP) is 0.443. The van der Waals surface area contributed by atoms with Gasteiger partial charge >= 0.3 is 12.0 Å². The molecule has 0 aromatic heterocycles. The van der Waals surface area contributed by atoms with E-state index in [1.54, 1.807) is 16.8 Å². The van der Waals surface area contributed by atoms with Crippen LogP contribution in [0.25, 0.3) is 0 Å². The van der Waals surface area contributed by atoms with Gasteiger partial charge in [-0.3, -0.25) is 4.79 Å². The maximum atomic E-state index is 12.2. The number of hydrogen-bond acceptors (Lipinski definition) is 3. The first-order valence-corrected chi connectivity index (χ1v) is 6.36. The van der Waals surface area contributed by atoms with Gasteiger partial charge in [0.15, 0.2) is 0 Å². The Morgan fingerprint density at radius 2 is 2.17 bits per heavy atom. The van der Waals surface area contributed by atoms with Crippen molar-refractivity contribution in [3.63, 3.8) is 0 Å². The molecule has 1 fully saturated rings. The second-order valence-corrected chi connectivity index (χ2v) is 4.91. The first-order valence-electron chi connectivity index (χ1n) is 6.36. The van der Waals surface area contributed by atoms with Crippen LogP contribution in [-0.4, -0.2) is 66.7 Å². The van der Waals surface area contributed by atoms with Gasteiger partial charge in [0.1, 0.15) is 0 Å². The maximum absolute atomic E-state index is 12.2. The molecule has 6 heteroatoms. The zero-order valence-corrected chi connectivity index (χ0v) is 11.3. The lowest BCUT2D eigenvalue weighted by atomic mass is 9.92. The fraction of sp³-hybridized carbons (Fsp3) is 0.833. The van der Waals surface area contributed by atoms with Gasteiger partial charge in [0, 0.05) is 32.7 Å². The predicted molar refractivity (Wildman–Crippen MR) is 68.5 cm³/mol. The van der Waals surface area contributed by atoms with Gasteiger partial charge in [-0.2, -0.15) is 0 Å². The first kappa shape index (κ1) is 14.8. The molecule has 1 saturated heterocycles. The van der Waals surface area contributed by atoms with Gasteiger partial charge in [0.05, 0.1) is 5.92 Å². The lowest BCUT2D eigenvalue weighted by Gasteiger charge is -2.38. The minimum absolute atomic E-state index is 0.00983.